The number of hydrogen-bond donors (Lipinski definition) is 5. The molecule has 0 aliphatic carbocycles. The Morgan fingerprint density at radius 1 is 0.421 bits per heavy atom. The zero-order valence-corrected chi connectivity index (χ0v) is 37.8. The molecule has 4 unspecified atom stereocenters. The highest BCUT2D eigenvalue weighted by Crippen LogP contribution is 2.16. The van der Waals surface area contributed by atoms with Crippen molar-refractivity contribution in [1.29, 1.82) is 0 Å². The summed E-state index contributed by atoms with van der Waals surface area (Å²) in [4.78, 5) is 12.4. The van der Waals surface area contributed by atoms with Crippen molar-refractivity contribution in [2.24, 2.45) is 0 Å². The molecule has 0 bridgehead atoms. The van der Waals surface area contributed by atoms with Crippen LogP contribution in [0.5, 0.6) is 0 Å². The van der Waals surface area contributed by atoms with Gasteiger partial charge >= 0.3 is 0 Å². The number of allylic oxidation sites excluding steroid dienone is 6. The van der Waals surface area contributed by atoms with Gasteiger partial charge in [-0.15, -0.1) is 0 Å². The van der Waals surface area contributed by atoms with Gasteiger partial charge in [-0.1, -0.05) is 217 Å². The van der Waals surface area contributed by atoms with Crippen LogP contribution in [0.2, 0.25) is 0 Å². The third-order valence-electron chi connectivity index (χ3n) is 11.6. The Balaban J connectivity index is 3.61. The summed E-state index contributed by atoms with van der Waals surface area (Å²) in [5.41, 5.74) is 0. The molecule has 336 valence electrons. The van der Waals surface area contributed by atoms with Crippen molar-refractivity contribution >= 4 is 5.91 Å². The molecule has 57 heavy (non-hydrogen) atoms. The minimum absolute atomic E-state index is 0.337. The number of nitrogens with one attached hydrogen (secondary N) is 1. The van der Waals surface area contributed by atoms with Crippen LogP contribution >= 0.6 is 0 Å². The molecule has 5 N–H and O–H groups in total. The smallest absolute Gasteiger partial charge is 0.249 e. The molecule has 0 saturated heterocycles. The first-order chi connectivity index (χ1) is 28.0. The third-order valence-corrected chi connectivity index (χ3v) is 11.6. The van der Waals surface area contributed by atoms with Crippen LogP contribution in [-0.2, 0) is 4.79 Å². The average molecular weight is 804 g/mol. The Labute approximate surface area is 354 Å². The molecule has 0 aliphatic heterocycles. The van der Waals surface area contributed by atoms with Crippen LogP contribution in [0.15, 0.2) is 36.5 Å². The maximum absolute atomic E-state index is 12.4. The number of aliphatic hydroxyl groups excluding tert-OH is 4. The van der Waals surface area contributed by atoms with E-state index in [0.29, 0.717) is 19.3 Å². The summed E-state index contributed by atoms with van der Waals surface area (Å²) in [5.74, 6) is -0.613. The second-order valence-corrected chi connectivity index (χ2v) is 17.1. The first kappa shape index (κ1) is 55.5. The molecule has 0 aromatic rings. The molecule has 0 aromatic carbocycles. The Morgan fingerprint density at radius 2 is 0.754 bits per heavy atom. The fraction of sp³-hybridized carbons (Fsp3) is 0.863. The second kappa shape index (κ2) is 45.6. The molecule has 0 spiro atoms. The second-order valence-electron chi connectivity index (χ2n) is 17.1. The Bertz CT molecular complexity index is 904. The summed E-state index contributed by atoms with van der Waals surface area (Å²) in [6, 6.07) is -1.01. The maximum Gasteiger partial charge on any atom is 0.249 e. The molecule has 4 atom stereocenters. The summed E-state index contributed by atoms with van der Waals surface area (Å²) in [6.07, 6.45) is 55.2. The lowest BCUT2D eigenvalue weighted by molar-refractivity contribution is -0.132. The molecular formula is C51H97NO5. The van der Waals surface area contributed by atoms with E-state index in [1.54, 1.807) is 0 Å². The van der Waals surface area contributed by atoms with Crippen molar-refractivity contribution in [3.63, 3.8) is 0 Å². The standard InChI is InChI=1S/C51H97NO5/c1-3-5-7-9-11-13-14-15-16-17-18-19-20-21-22-23-24-25-26-27-28-29-30-31-32-33-34-35-37-38-40-42-44-48(54)50(56)47(46-53)52-51(57)49(55)45-43-41-39-36-12-10-8-6-4-2/h10,12,32-33,37-38,47-50,53-56H,3-9,11,13-31,34-36,39-46H2,1-2H3,(H,52,57)/b12-10-,33-32+,38-37+. The van der Waals surface area contributed by atoms with Gasteiger partial charge in [-0.2, -0.15) is 0 Å². The number of carbonyl (C=O) groups excluding carboxylic acids is 1. The average Bonchev–Trinajstić information content (AvgIpc) is 3.22. The number of unbranched alkanes of at least 4 members (excludes halogenated alkanes) is 30. The first-order valence-corrected chi connectivity index (χ1v) is 24.9. The predicted octanol–water partition coefficient (Wildman–Crippen LogP) is 13.7. The zero-order chi connectivity index (χ0) is 41.7. The number of rotatable bonds is 45. The minimum atomic E-state index is -1.29. The fourth-order valence-electron chi connectivity index (χ4n) is 7.58. The van der Waals surface area contributed by atoms with Crippen molar-refractivity contribution in [2.75, 3.05) is 6.61 Å². The Kier molecular flexibility index (Phi) is 44.4. The van der Waals surface area contributed by atoms with E-state index in [0.717, 1.165) is 51.4 Å². The minimum Gasteiger partial charge on any atom is -0.394 e. The van der Waals surface area contributed by atoms with E-state index in [4.69, 9.17) is 0 Å². The summed E-state index contributed by atoms with van der Waals surface area (Å²) in [5, 5.41) is 43.5. The zero-order valence-electron chi connectivity index (χ0n) is 37.8. The summed E-state index contributed by atoms with van der Waals surface area (Å²) >= 11 is 0. The van der Waals surface area contributed by atoms with Gasteiger partial charge in [0.25, 0.3) is 0 Å². The van der Waals surface area contributed by atoms with Crippen LogP contribution in [0.3, 0.4) is 0 Å². The van der Waals surface area contributed by atoms with Crippen LogP contribution in [0.25, 0.3) is 0 Å². The first-order valence-electron chi connectivity index (χ1n) is 24.9. The van der Waals surface area contributed by atoms with Gasteiger partial charge in [0.15, 0.2) is 0 Å². The lowest BCUT2D eigenvalue weighted by Crippen LogP contribution is -2.53. The quantitative estimate of drug-likeness (QED) is 0.0311. The van der Waals surface area contributed by atoms with E-state index in [2.05, 4.69) is 55.6 Å². The summed E-state index contributed by atoms with van der Waals surface area (Å²) in [6.45, 7) is 3.97. The van der Waals surface area contributed by atoms with Gasteiger partial charge in [0.2, 0.25) is 5.91 Å². The number of amides is 1. The van der Waals surface area contributed by atoms with E-state index in [1.165, 1.54) is 167 Å². The van der Waals surface area contributed by atoms with E-state index in [1.807, 2.05) is 0 Å². The normalized spacial score (nSPS) is 14.3. The molecule has 0 aliphatic rings. The van der Waals surface area contributed by atoms with Gasteiger partial charge in [-0.05, 0) is 70.6 Å². The van der Waals surface area contributed by atoms with E-state index < -0.39 is 36.9 Å². The number of carbonyl (C=O) groups is 1. The van der Waals surface area contributed by atoms with E-state index >= 15 is 0 Å². The highest BCUT2D eigenvalue weighted by atomic mass is 16.3. The topological polar surface area (TPSA) is 110 Å². The van der Waals surface area contributed by atoms with Crippen molar-refractivity contribution in [3.8, 4) is 0 Å². The molecule has 0 fully saturated rings. The summed E-state index contributed by atoms with van der Waals surface area (Å²) in [7, 11) is 0. The van der Waals surface area contributed by atoms with Crippen molar-refractivity contribution in [3.05, 3.63) is 36.5 Å². The van der Waals surface area contributed by atoms with Crippen LogP contribution in [0.1, 0.15) is 251 Å². The van der Waals surface area contributed by atoms with Crippen molar-refractivity contribution < 1.29 is 25.2 Å². The molecule has 0 radical (unpaired) electrons. The van der Waals surface area contributed by atoms with E-state index in [9.17, 15) is 25.2 Å². The number of hydrogen-bond acceptors (Lipinski definition) is 5. The highest BCUT2D eigenvalue weighted by molar-refractivity contribution is 5.80. The van der Waals surface area contributed by atoms with Crippen molar-refractivity contribution in [2.45, 2.75) is 276 Å². The Hall–Kier alpha value is -1.47. The monoisotopic (exact) mass is 804 g/mol. The van der Waals surface area contributed by atoms with Gasteiger partial charge < -0.3 is 25.7 Å². The van der Waals surface area contributed by atoms with Crippen LogP contribution < -0.4 is 5.32 Å². The van der Waals surface area contributed by atoms with Crippen LogP contribution in [0, 0.1) is 0 Å². The molecule has 6 nitrogen and oxygen atoms in total. The lowest BCUT2D eigenvalue weighted by Gasteiger charge is -2.27. The maximum atomic E-state index is 12.4. The predicted molar refractivity (Wildman–Crippen MR) is 247 cm³/mol. The van der Waals surface area contributed by atoms with E-state index in [-0.39, 0.29) is 0 Å². The van der Waals surface area contributed by atoms with Crippen LogP contribution in [0.4, 0.5) is 0 Å². The van der Waals surface area contributed by atoms with Gasteiger partial charge in [-0.25, -0.2) is 0 Å². The SMILES string of the molecule is CCCC/C=C\CCCCCC(O)C(=O)NC(CO)C(O)C(O)CCC/C=C/CC/C=C/CCCCCCCCCCCCCCCCCCCCCCCCC. The molecule has 0 rings (SSSR count). The molecule has 0 aromatic heterocycles. The molecule has 1 amide bonds. The van der Waals surface area contributed by atoms with Gasteiger partial charge in [-0.3, -0.25) is 4.79 Å². The lowest BCUT2D eigenvalue weighted by atomic mass is 10.00. The van der Waals surface area contributed by atoms with Crippen molar-refractivity contribution in [1.82, 2.24) is 5.32 Å². The fourth-order valence-corrected chi connectivity index (χ4v) is 7.58. The molecule has 0 saturated carbocycles. The number of aliphatic hydroxyl groups is 4. The van der Waals surface area contributed by atoms with Gasteiger partial charge in [0, 0.05) is 0 Å². The Morgan fingerprint density at radius 3 is 1.16 bits per heavy atom. The molecule has 0 heterocycles. The van der Waals surface area contributed by atoms with Gasteiger partial charge in [0.1, 0.15) is 12.2 Å². The highest BCUT2D eigenvalue weighted by Gasteiger charge is 2.28. The third kappa shape index (κ3) is 39.7. The van der Waals surface area contributed by atoms with Gasteiger partial charge in [0.05, 0.1) is 18.8 Å². The summed E-state index contributed by atoms with van der Waals surface area (Å²) < 4.78 is 0. The molecular weight excluding hydrogens is 707 g/mol. The largest absolute Gasteiger partial charge is 0.394 e. The molecule has 6 heteroatoms. The van der Waals surface area contributed by atoms with Crippen LogP contribution in [-0.4, -0.2) is 57.3 Å².